The molecule has 0 heterocycles. The van der Waals surface area contributed by atoms with Crippen LogP contribution in [0.5, 0.6) is 0 Å². The topological polar surface area (TPSA) is 75.4 Å². The predicted molar refractivity (Wildman–Crippen MR) is 70.9 cm³/mol. The van der Waals surface area contributed by atoms with Crippen molar-refractivity contribution in [2.45, 2.75) is 26.4 Å². The molecule has 1 aromatic rings. The Morgan fingerprint density at radius 1 is 1.44 bits per heavy atom. The molecule has 0 unspecified atom stereocenters. The van der Waals surface area contributed by atoms with Crippen molar-refractivity contribution in [1.82, 2.24) is 4.90 Å². The van der Waals surface area contributed by atoms with Crippen molar-refractivity contribution in [1.29, 1.82) is 0 Å². The molecule has 1 atom stereocenters. The van der Waals surface area contributed by atoms with E-state index < -0.39 is 6.04 Å². The van der Waals surface area contributed by atoms with Crippen LogP contribution in [0.1, 0.15) is 19.4 Å². The van der Waals surface area contributed by atoms with Gasteiger partial charge in [0, 0.05) is 26.2 Å². The number of benzene rings is 1. The van der Waals surface area contributed by atoms with Crippen LogP contribution >= 0.6 is 0 Å². The van der Waals surface area contributed by atoms with E-state index in [2.05, 4.69) is 5.32 Å². The molecule has 5 heteroatoms. The largest absolute Gasteiger partial charge is 0.342 e. The van der Waals surface area contributed by atoms with Crippen LogP contribution in [-0.4, -0.2) is 29.8 Å². The summed E-state index contributed by atoms with van der Waals surface area (Å²) in [6, 6.07) is 6.81. The van der Waals surface area contributed by atoms with E-state index >= 15 is 0 Å². The Hall–Kier alpha value is -1.88. The molecule has 0 saturated heterocycles. The van der Waals surface area contributed by atoms with Gasteiger partial charge in [0.25, 0.3) is 0 Å². The molecule has 0 spiro atoms. The zero-order chi connectivity index (χ0) is 13.7. The second kappa shape index (κ2) is 6.16. The highest BCUT2D eigenvalue weighted by Crippen LogP contribution is 2.12. The summed E-state index contributed by atoms with van der Waals surface area (Å²) >= 11 is 0. The molecule has 0 aliphatic carbocycles. The van der Waals surface area contributed by atoms with Crippen molar-refractivity contribution in [2.24, 2.45) is 5.73 Å². The number of nitrogens with zero attached hydrogens (tertiary/aromatic N) is 1. The van der Waals surface area contributed by atoms with Gasteiger partial charge in [-0.05, 0) is 24.6 Å². The van der Waals surface area contributed by atoms with Crippen molar-refractivity contribution in [3.05, 3.63) is 29.8 Å². The maximum atomic E-state index is 11.5. The van der Waals surface area contributed by atoms with Gasteiger partial charge in [-0.25, -0.2) is 0 Å². The zero-order valence-corrected chi connectivity index (χ0v) is 10.9. The van der Waals surface area contributed by atoms with Gasteiger partial charge in [-0.15, -0.1) is 0 Å². The summed E-state index contributed by atoms with van der Waals surface area (Å²) in [5.41, 5.74) is 7.12. The summed E-state index contributed by atoms with van der Waals surface area (Å²) in [7, 11) is 1.73. The molecule has 5 nitrogen and oxygen atoms in total. The molecular formula is C13H19N3O2. The van der Waals surface area contributed by atoms with E-state index in [-0.39, 0.29) is 11.8 Å². The second-order valence-corrected chi connectivity index (χ2v) is 4.35. The highest BCUT2D eigenvalue weighted by molar-refractivity contribution is 5.94. The lowest BCUT2D eigenvalue weighted by Crippen LogP contribution is -2.32. The van der Waals surface area contributed by atoms with Gasteiger partial charge in [-0.1, -0.05) is 12.1 Å². The van der Waals surface area contributed by atoms with Gasteiger partial charge in [-0.3, -0.25) is 9.59 Å². The molecule has 0 saturated carbocycles. The molecule has 98 valence electrons. The highest BCUT2D eigenvalue weighted by atomic mass is 16.2. The Kier molecular flexibility index (Phi) is 4.85. The molecule has 0 aliphatic heterocycles. The second-order valence-electron chi connectivity index (χ2n) is 4.35. The van der Waals surface area contributed by atoms with Crippen molar-refractivity contribution >= 4 is 17.5 Å². The van der Waals surface area contributed by atoms with E-state index in [1.807, 2.05) is 18.2 Å². The molecule has 1 aromatic carbocycles. The van der Waals surface area contributed by atoms with Crippen LogP contribution < -0.4 is 11.1 Å². The van der Waals surface area contributed by atoms with Gasteiger partial charge in [0.15, 0.2) is 0 Å². The Labute approximate surface area is 107 Å². The summed E-state index contributed by atoms with van der Waals surface area (Å²) in [6.45, 7) is 3.65. The molecule has 0 bridgehead atoms. The predicted octanol–water partition coefficient (Wildman–Crippen LogP) is 0.951. The normalized spacial score (nSPS) is 11.8. The maximum absolute atomic E-state index is 11.5. The monoisotopic (exact) mass is 249 g/mol. The number of rotatable bonds is 4. The third-order valence-corrected chi connectivity index (χ3v) is 2.57. The minimum absolute atomic E-state index is 0.0000176. The summed E-state index contributed by atoms with van der Waals surface area (Å²) in [5.74, 6) is -0.230. The number of anilines is 1. The first-order chi connectivity index (χ1) is 8.40. The fraction of sp³-hybridized carbons (Fsp3) is 0.385. The first kappa shape index (κ1) is 14.2. The number of nitrogens with two attached hydrogens (primary N) is 1. The number of nitrogens with one attached hydrogen (secondary N) is 1. The van der Waals surface area contributed by atoms with Crippen LogP contribution in [0.25, 0.3) is 0 Å². The van der Waals surface area contributed by atoms with Crippen LogP contribution in [-0.2, 0) is 16.1 Å². The summed E-state index contributed by atoms with van der Waals surface area (Å²) < 4.78 is 0. The summed E-state index contributed by atoms with van der Waals surface area (Å²) in [4.78, 5) is 24.2. The van der Waals surface area contributed by atoms with Gasteiger partial charge in [-0.2, -0.15) is 0 Å². The fourth-order valence-corrected chi connectivity index (χ4v) is 1.39. The number of hydrogen-bond donors (Lipinski definition) is 2. The lowest BCUT2D eigenvalue weighted by atomic mass is 10.2. The first-order valence-corrected chi connectivity index (χ1v) is 5.77. The maximum Gasteiger partial charge on any atom is 0.240 e. The number of carbonyl (C=O) groups excluding carboxylic acids is 2. The summed E-state index contributed by atoms with van der Waals surface area (Å²) in [6.07, 6.45) is 0. The first-order valence-electron chi connectivity index (χ1n) is 5.77. The van der Waals surface area contributed by atoms with Crippen LogP contribution in [0.4, 0.5) is 5.69 Å². The van der Waals surface area contributed by atoms with Gasteiger partial charge in [0.1, 0.15) is 0 Å². The SMILES string of the molecule is CC(=O)N(C)Cc1cccc(NC(=O)[C@H](C)N)c1. The zero-order valence-electron chi connectivity index (χ0n) is 10.9. The molecule has 0 fully saturated rings. The lowest BCUT2D eigenvalue weighted by Gasteiger charge is -2.15. The van der Waals surface area contributed by atoms with Crippen LogP contribution in [0, 0.1) is 0 Å². The minimum Gasteiger partial charge on any atom is -0.342 e. The number of carbonyl (C=O) groups is 2. The lowest BCUT2D eigenvalue weighted by molar-refractivity contribution is -0.128. The van der Waals surface area contributed by atoms with Gasteiger partial charge >= 0.3 is 0 Å². The molecule has 1 rings (SSSR count). The van der Waals surface area contributed by atoms with Crippen LogP contribution in [0.3, 0.4) is 0 Å². The fourth-order valence-electron chi connectivity index (χ4n) is 1.39. The average molecular weight is 249 g/mol. The van der Waals surface area contributed by atoms with Crippen LogP contribution in [0.15, 0.2) is 24.3 Å². The van der Waals surface area contributed by atoms with Crippen molar-refractivity contribution in [3.63, 3.8) is 0 Å². The van der Waals surface area contributed by atoms with E-state index in [9.17, 15) is 9.59 Å². The van der Waals surface area contributed by atoms with Crippen molar-refractivity contribution < 1.29 is 9.59 Å². The molecular weight excluding hydrogens is 230 g/mol. The molecule has 0 aromatic heterocycles. The molecule has 3 N–H and O–H groups in total. The molecule has 0 aliphatic rings. The minimum atomic E-state index is -0.548. The Morgan fingerprint density at radius 2 is 2.11 bits per heavy atom. The van der Waals surface area contributed by atoms with E-state index in [4.69, 9.17) is 5.73 Å². The Morgan fingerprint density at radius 3 is 2.67 bits per heavy atom. The molecule has 2 amide bonds. The third-order valence-electron chi connectivity index (χ3n) is 2.57. The Bertz CT molecular complexity index is 444. The molecule has 18 heavy (non-hydrogen) atoms. The third kappa shape index (κ3) is 4.18. The summed E-state index contributed by atoms with van der Waals surface area (Å²) in [5, 5.41) is 2.72. The number of hydrogen-bond acceptors (Lipinski definition) is 3. The van der Waals surface area contributed by atoms with E-state index in [1.165, 1.54) is 6.92 Å². The molecule has 0 radical (unpaired) electrons. The highest BCUT2D eigenvalue weighted by Gasteiger charge is 2.08. The van der Waals surface area contributed by atoms with E-state index in [0.29, 0.717) is 12.2 Å². The standard InChI is InChI=1S/C13H19N3O2/c1-9(14)13(18)15-12-6-4-5-11(7-12)8-16(3)10(2)17/h4-7,9H,8,14H2,1-3H3,(H,15,18)/t9-/m0/s1. The quantitative estimate of drug-likeness (QED) is 0.834. The number of amides is 2. The van der Waals surface area contributed by atoms with E-state index in [1.54, 1.807) is 24.9 Å². The Balaban J connectivity index is 2.73. The van der Waals surface area contributed by atoms with Gasteiger partial charge < -0.3 is 16.0 Å². The van der Waals surface area contributed by atoms with Crippen molar-refractivity contribution in [3.8, 4) is 0 Å². The van der Waals surface area contributed by atoms with Gasteiger partial charge in [0.2, 0.25) is 11.8 Å². The van der Waals surface area contributed by atoms with Gasteiger partial charge in [0.05, 0.1) is 6.04 Å². The van der Waals surface area contributed by atoms with E-state index in [0.717, 1.165) is 5.56 Å². The van der Waals surface area contributed by atoms with Crippen LogP contribution in [0.2, 0.25) is 0 Å². The smallest absolute Gasteiger partial charge is 0.240 e. The average Bonchev–Trinajstić information content (AvgIpc) is 2.29. The van der Waals surface area contributed by atoms with Crippen molar-refractivity contribution in [2.75, 3.05) is 12.4 Å².